The van der Waals surface area contributed by atoms with Crippen LogP contribution in [0.2, 0.25) is 0 Å². The van der Waals surface area contributed by atoms with Crippen LogP contribution in [0, 0.1) is 11.8 Å². The Balaban J connectivity index is 4.34. The van der Waals surface area contributed by atoms with Crippen molar-refractivity contribution < 1.29 is 10.2 Å². The first-order chi connectivity index (χ1) is 6.58. The molecule has 2 nitrogen and oxygen atoms in total. The van der Waals surface area contributed by atoms with Crippen molar-refractivity contribution in [1.82, 2.24) is 0 Å². The van der Waals surface area contributed by atoms with E-state index in [1.165, 1.54) is 0 Å². The molecule has 0 aromatic carbocycles. The van der Waals surface area contributed by atoms with Gasteiger partial charge in [0.1, 0.15) is 0 Å². The van der Waals surface area contributed by atoms with Crippen molar-refractivity contribution in [2.45, 2.75) is 65.6 Å². The Bertz CT molecular complexity index is 134. The van der Waals surface area contributed by atoms with E-state index in [0.717, 1.165) is 25.7 Å². The lowest BCUT2D eigenvalue weighted by Crippen LogP contribution is -2.33. The molecule has 0 aliphatic heterocycles. The minimum absolute atomic E-state index is 0.238. The molecular formula is C12H26O2. The van der Waals surface area contributed by atoms with Gasteiger partial charge >= 0.3 is 0 Å². The van der Waals surface area contributed by atoms with Crippen LogP contribution in [0.5, 0.6) is 0 Å². The topological polar surface area (TPSA) is 40.5 Å². The molecule has 86 valence electrons. The summed E-state index contributed by atoms with van der Waals surface area (Å²) < 4.78 is 0. The molecule has 0 saturated carbocycles. The molecule has 0 saturated heterocycles. The summed E-state index contributed by atoms with van der Waals surface area (Å²) in [6, 6.07) is 0. The van der Waals surface area contributed by atoms with Gasteiger partial charge in [0.15, 0.2) is 0 Å². The standard InChI is InChI=1S/C12H26O2/c1-5-8-12(14)11(7-3)10(6-2)9(4)13/h9-14H,5-8H2,1-4H3. The first kappa shape index (κ1) is 13.9. The van der Waals surface area contributed by atoms with Crippen LogP contribution in [0.1, 0.15) is 53.4 Å². The zero-order chi connectivity index (χ0) is 11.1. The van der Waals surface area contributed by atoms with Gasteiger partial charge in [0.2, 0.25) is 0 Å². The molecule has 0 bridgehead atoms. The summed E-state index contributed by atoms with van der Waals surface area (Å²) in [5.74, 6) is 0.487. The van der Waals surface area contributed by atoms with E-state index in [2.05, 4.69) is 20.8 Å². The van der Waals surface area contributed by atoms with Gasteiger partial charge in [0, 0.05) is 0 Å². The van der Waals surface area contributed by atoms with Gasteiger partial charge in [0.25, 0.3) is 0 Å². The van der Waals surface area contributed by atoms with E-state index in [1.54, 1.807) is 0 Å². The second-order valence-corrected chi connectivity index (χ2v) is 4.24. The number of hydrogen-bond acceptors (Lipinski definition) is 2. The molecule has 0 spiro atoms. The maximum atomic E-state index is 9.95. The van der Waals surface area contributed by atoms with Crippen molar-refractivity contribution in [3.05, 3.63) is 0 Å². The number of aliphatic hydroxyl groups is 2. The van der Waals surface area contributed by atoms with Gasteiger partial charge < -0.3 is 10.2 Å². The lowest BCUT2D eigenvalue weighted by molar-refractivity contribution is 0.00662. The van der Waals surface area contributed by atoms with Crippen LogP contribution >= 0.6 is 0 Å². The van der Waals surface area contributed by atoms with Crippen molar-refractivity contribution >= 4 is 0 Å². The van der Waals surface area contributed by atoms with E-state index in [0.29, 0.717) is 0 Å². The van der Waals surface area contributed by atoms with E-state index in [1.807, 2.05) is 6.92 Å². The van der Waals surface area contributed by atoms with Gasteiger partial charge in [-0.15, -0.1) is 0 Å². The first-order valence-electron chi connectivity index (χ1n) is 5.94. The van der Waals surface area contributed by atoms with Crippen molar-refractivity contribution in [2.75, 3.05) is 0 Å². The predicted molar refractivity (Wildman–Crippen MR) is 60.2 cm³/mol. The Morgan fingerprint density at radius 1 is 0.929 bits per heavy atom. The lowest BCUT2D eigenvalue weighted by atomic mass is 9.79. The second kappa shape index (κ2) is 7.24. The SMILES string of the molecule is CCCC(O)C(CC)C(CC)C(C)O. The van der Waals surface area contributed by atoms with Crippen LogP contribution < -0.4 is 0 Å². The average Bonchev–Trinajstić information content (AvgIpc) is 2.13. The molecule has 0 fully saturated rings. The zero-order valence-corrected chi connectivity index (χ0v) is 10.0. The molecule has 2 N–H and O–H groups in total. The van der Waals surface area contributed by atoms with Gasteiger partial charge in [-0.05, 0) is 25.2 Å². The summed E-state index contributed by atoms with van der Waals surface area (Å²) in [4.78, 5) is 0. The molecule has 2 heteroatoms. The minimum Gasteiger partial charge on any atom is -0.393 e. The summed E-state index contributed by atoms with van der Waals surface area (Å²) in [5.41, 5.74) is 0. The van der Waals surface area contributed by atoms with Crippen LogP contribution in [-0.2, 0) is 0 Å². The van der Waals surface area contributed by atoms with Crippen LogP contribution in [0.3, 0.4) is 0 Å². The molecule has 0 radical (unpaired) electrons. The highest BCUT2D eigenvalue weighted by molar-refractivity contribution is 4.78. The van der Waals surface area contributed by atoms with Crippen molar-refractivity contribution in [3.63, 3.8) is 0 Å². The monoisotopic (exact) mass is 202 g/mol. The Morgan fingerprint density at radius 3 is 1.71 bits per heavy atom. The van der Waals surface area contributed by atoms with E-state index >= 15 is 0 Å². The Hall–Kier alpha value is -0.0800. The molecular weight excluding hydrogens is 176 g/mol. The first-order valence-corrected chi connectivity index (χ1v) is 5.94. The number of rotatable bonds is 7. The fourth-order valence-corrected chi connectivity index (χ4v) is 2.37. The van der Waals surface area contributed by atoms with Gasteiger partial charge in [-0.25, -0.2) is 0 Å². The van der Waals surface area contributed by atoms with E-state index in [4.69, 9.17) is 0 Å². The number of aliphatic hydroxyl groups excluding tert-OH is 2. The smallest absolute Gasteiger partial charge is 0.0571 e. The molecule has 0 heterocycles. The fourth-order valence-electron chi connectivity index (χ4n) is 2.37. The van der Waals surface area contributed by atoms with Crippen LogP contribution in [-0.4, -0.2) is 22.4 Å². The lowest BCUT2D eigenvalue weighted by Gasteiger charge is -2.31. The summed E-state index contributed by atoms with van der Waals surface area (Å²) in [5, 5.41) is 19.6. The van der Waals surface area contributed by atoms with Crippen molar-refractivity contribution in [2.24, 2.45) is 11.8 Å². The third-order valence-corrected chi connectivity index (χ3v) is 3.19. The molecule has 4 atom stereocenters. The predicted octanol–water partition coefficient (Wildman–Crippen LogP) is 2.58. The molecule has 4 unspecified atom stereocenters. The Morgan fingerprint density at radius 2 is 1.43 bits per heavy atom. The molecule has 0 aromatic rings. The van der Waals surface area contributed by atoms with E-state index in [-0.39, 0.29) is 24.0 Å². The molecule has 0 rings (SSSR count). The maximum Gasteiger partial charge on any atom is 0.0571 e. The molecule has 0 aromatic heterocycles. The van der Waals surface area contributed by atoms with Gasteiger partial charge in [-0.1, -0.05) is 40.0 Å². The summed E-state index contributed by atoms with van der Waals surface area (Å²) >= 11 is 0. The highest BCUT2D eigenvalue weighted by atomic mass is 16.3. The third kappa shape index (κ3) is 3.97. The van der Waals surface area contributed by atoms with Gasteiger partial charge in [-0.3, -0.25) is 0 Å². The second-order valence-electron chi connectivity index (χ2n) is 4.24. The Kier molecular flexibility index (Phi) is 7.20. The fraction of sp³-hybridized carbons (Fsp3) is 1.00. The van der Waals surface area contributed by atoms with Crippen molar-refractivity contribution in [1.29, 1.82) is 0 Å². The molecule has 0 aliphatic carbocycles. The van der Waals surface area contributed by atoms with E-state index < -0.39 is 0 Å². The molecule has 14 heavy (non-hydrogen) atoms. The van der Waals surface area contributed by atoms with Crippen LogP contribution in [0.15, 0.2) is 0 Å². The average molecular weight is 202 g/mol. The summed E-state index contributed by atoms with van der Waals surface area (Å²) in [6.07, 6.45) is 3.19. The normalized spacial score (nSPS) is 20.1. The summed E-state index contributed by atoms with van der Waals surface area (Å²) in [7, 11) is 0. The molecule has 0 aliphatic rings. The summed E-state index contributed by atoms with van der Waals surface area (Å²) in [6.45, 7) is 8.09. The third-order valence-electron chi connectivity index (χ3n) is 3.19. The quantitative estimate of drug-likeness (QED) is 0.666. The van der Waals surface area contributed by atoms with Crippen LogP contribution in [0.4, 0.5) is 0 Å². The highest BCUT2D eigenvalue weighted by Gasteiger charge is 2.28. The highest BCUT2D eigenvalue weighted by Crippen LogP contribution is 2.28. The zero-order valence-electron chi connectivity index (χ0n) is 10.0. The number of hydrogen-bond donors (Lipinski definition) is 2. The maximum absolute atomic E-state index is 9.95. The van der Waals surface area contributed by atoms with Crippen molar-refractivity contribution in [3.8, 4) is 0 Å². The van der Waals surface area contributed by atoms with Crippen LogP contribution in [0.25, 0.3) is 0 Å². The van der Waals surface area contributed by atoms with Gasteiger partial charge in [-0.2, -0.15) is 0 Å². The largest absolute Gasteiger partial charge is 0.393 e. The van der Waals surface area contributed by atoms with Gasteiger partial charge in [0.05, 0.1) is 12.2 Å². The van der Waals surface area contributed by atoms with E-state index in [9.17, 15) is 10.2 Å². The minimum atomic E-state index is -0.309. The Labute approximate surface area is 88.3 Å². The molecule has 0 amide bonds.